The number of allylic oxidation sites excluding steroid dienone is 2. The minimum atomic E-state index is -0.970. The third-order valence-electron chi connectivity index (χ3n) is 11.7. The van der Waals surface area contributed by atoms with Gasteiger partial charge in [0, 0.05) is 28.5 Å². The number of nitrogens with zero attached hydrogens (tertiary/aromatic N) is 2. The number of nitrogens with one attached hydrogen (secondary N) is 2. The van der Waals surface area contributed by atoms with Crippen molar-refractivity contribution in [1.29, 1.82) is 0 Å². The lowest BCUT2D eigenvalue weighted by atomic mass is 9.81. The topological polar surface area (TPSA) is 132 Å². The van der Waals surface area contributed by atoms with E-state index in [1.807, 2.05) is 72.9 Å². The van der Waals surface area contributed by atoms with Gasteiger partial charge in [-0.15, -0.1) is 0 Å². The fourth-order valence-corrected chi connectivity index (χ4v) is 8.99. The maximum absolute atomic E-state index is 10.9. The Hall–Kier alpha value is -7.55. The first-order valence-electron chi connectivity index (χ1n) is 21.4. The Morgan fingerprint density at radius 1 is 0.625 bits per heavy atom. The van der Waals surface area contributed by atoms with Gasteiger partial charge in [0.25, 0.3) is 0 Å². The summed E-state index contributed by atoms with van der Waals surface area (Å²) in [5.41, 5.74) is 15.1. The Morgan fingerprint density at radius 2 is 1.16 bits per heavy atom. The Balaban J connectivity index is 0.000000175. The van der Waals surface area contributed by atoms with Crippen molar-refractivity contribution in [2.24, 2.45) is 5.92 Å². The van der Waals surface area contributed by atoms with E-state index < -0.39 is 11.9 Å². The summed E-state index contributed by atoms with van der Waals surface area (Å²) in [6.07, 6.45) is 14.9. The lowest BCUT2D eigenvalue weighted by molar-refractivity contribution is -0.132. The van der Waals surface area contributed by atoms with Crippen LogP contribution in [0, 0.1) is 5.92 Å². The van der Waals surface area contributed by atoms with Crippen molar-refractivity contribution in [3.8, 4) is 0 Å². The minimum Gasteiger partial charge on any atom is -0.478 e. The zero-order valence-corrected chi connectivity index (χ0v) is 36.1. The first-order chi connectivity index (χ1) is 31.3. The monoisotopic (exact) mass is 862 g/mol. The number of hydrogen-bond donors (Lipinski definition) is 4. The molecule has 0 bridgehead atoms. The highest BCUT2D eigenvalue weighted by Gasteiger charge is 2.26. The highest BCUT2D eigenvalue weighted by molar-refractivity contribution is 6.37. The molecule has 8 aromatic rings. The van der Waals surface area contributed by atoms with E-state index in [0.29, 0.717) is 10.9 Å². The summed E-state index contributed by atoms with van der Waals surface area (Å²) in [6, 6.07) is 47.5. The van der Waals surface area contributed by atoms with E-state index in [9.17, 15) is 9.59 Å². The van der Waals surface area contributed by atoms with Gasteiger partial charge in [-0.1, -0.05) is 153 Å². The van der Waals surface area contributed by atoms with Crippen molar-refractivity contribution < 1.29 is 19.8 Å². The van der Waals surface area contributed by atoms with Crippen LogP contribution < -0.4 is 0 Å². The number of aromatic nitrogens is 4. The van der Waals surface area contributed by atoms with Gasteiger partial charge in [-0.3, -0.25) is 10.2 Å². The molecule has 1 aliphatic carbocycles. The molecule has 2 aromatic heterocycles. The van der Waals surface area contributed by atoms with Gasteiger partial charge in [0.05, 0.1) is 28.4 Å². The predicted molar refractivity (Wildman–Crippen MR) is 260 cm³/mol. The summed E-state index contributed by atoms with van der Waals surface area (Å²) in [4.78, 5) is 21.7. The number of aromatic amines is 2. The van der Waals surface area contributed by atoms with Crippen molar-refractivity contribution in [1.82, 2.24) is 20.4 Å². The third-order valence-corrected chi connectivity index (χ3v) is 12.1. The number of rotatable bonds is 12. The number of benzene rings is 6. The van der Waals surface area contributed by atoms with E-state index in [4.69, 9.17) is 21.8 Å². The van der Waals surface area contributed by atoms with Crippen molar-refractivity contribution in [2.75, 3.05) is 0 Å². The number of fused-ring (bicyclic) bond motifs is 2. The number of hydrogen-bond acceptors (Lipinski definition) is 4. The first-order valence-corrected chi connectivity index (χ1v) is 21.8. The fourth-order valence-electron chi connectivity index (χ4n) is 8.68. The molecule has 1 saturated carbocycles. The molecule has 9 rings (SSSR count). The number of carboxylic acids is 2. The molecule has 8 nitrogen and oxygen atoms in total. The highest BCUT2D eigenvalue weighted by atomic mass is 35.5. The smallest absolute Gasteiger partial charge is 0.328 e. The molecule has 4 N–H and O–H groups in total. The van der Waals surface area contributed by atoms with Crippen molar-refractivity contribution in [3.05, 3.63) is 214 Å². The lowest BCUT2D eigenvalue weighted by Gasteiger charge is -2.22. The quantitative estimate of drug-likeness (QED) is 0.0714. The van der Waals surface area contributed by atoms with Crippen LogP contribution in [0.25, 0.3) is 56.3 Å². The van der Waals surface area contributed by atoms with Crippen LogP contribution >= 0.6 is 11.6 Å². The van der Waals surface area contributed by atoms with Crippen LogP contribution in [0.3, 0.4) is 0 Å². The molecule has 1 aliphatic rings. The van der Waals surface area contributed by atoms with Crippen molar-refractivity contribution in [2.45, 2.75) is 39.0 Å². The van der Waals surface area contributed by atoms with Crippen molar-refractivity contribution >= 4 is 79.8 Å². The molecule has 0 amide bonds. The summed E-state index contributed by atoms with van der Waals surface area (Å²) in [7, 11) is 0. The molecule has 0 atom stereocenters. The number of aliphatic carboxylic acids is 2. The number of carboxylic acid groups (broad SMARTS) is 2. The molecule has 318 valence electrons. The van der Waals surface area contributed by atoms with Crippen LogP contribution in [-0.4, -0.2) is 42.5 Å². The van der Waals surface area contributed by atoms with Crippen LogP contribution in [0.4, 0.5) is 0 Å². The van der Waals surface area contributed by atoms with Crippen LogP contribution in [0.1, 0.15) is 83.5 Å². The fraction of sp³-hybridized carbons (Fsp3) is 0.127. The Bertz CT molecular complexity index is 3030. The molecule has 0 radical (unpaired) electrons. The van der Waals surface area contributed by atoms with E-state index in [1.165, 1.54) is 59.6 Å². The molecule has 0 unspecified atom stereocenters. The average molecular weight is 863 g/mol. The second kappa shape index (κ2) is 20.1. The standard InChI is InChI=1S/C29H26N2O2.C26H21ClN2O2/c32-27(33)17-12-20-10-13-23(14-11-20)29(24-15-16-26-25(18-24)19-30-31-26)28(22-8-4-5-9-22)21-6-2-1-3-7-21;1-2-20(18-6-4-3-5-7-18)25(19-11-8-17(9-12-19)10-15-24(30)31)21-13-14-23-22(26(21)27)16-28-29-23/h1-3,6-7,10-19,22H,4-5,8-9H2,(H,30,31)(H,32,33);3-16H,2H2,1H3,(H,28,29)(H,30,31)/b17-12+,29-28-;15-10+,25-20+. The van der Waals surface area contributed by atoms with Gasteiger partial charge < -0.3 is 10.2 Å². The third kappa shape index (κ3) is 9.88. The molecule has 9 heteroatoms. The zero-order valence-electron chi connectivity index (χ0n) is 35.3. The summed E-state index contributed by atoms with van der Waals surface area (Å²) in [6.45, 7) is 2.14. The van der Waals surface area contributed by atoms with Gasteiger partial charge in [0.1, 0.15) is 0 Å². The molecule has 64 heavy (non-hydrogen) atoms. The number of halogens is 1. The van der Waals surface area contributed by atoms with Gasteiger partial charge in [-0.05, 0) is 117 Å². The van der Waals surface area contributed by atoms with Crippen LogP contribution in [0.15, 0.2) is 164 Å². The van der Waals surface area contributed by atoms with Crippen LogP contribution in [0.5, 0.6) is 0 Å². The molecular formula is C55H47ClN4O4. The SMILES string of the molecule is CC/C(=C(/c1ccc(/C=C/C(=O)O)cc1)c1ccc2[nH]ncc2c1Cl)c1ccccc1.O=C(O)/C=C/c1ccc(/C(=C(\c2ccccc2)C2CCCC2)c2ccc3[nH]ncc3c2)cc1. The molecule has 0 spiro atoms. The van der Waals surface area contributed by atoms with Gasteiger partial charge in [0.15, 0.2) is 0 Å². The summed E-state index contributed by atoms with van der Waals surface area (Å²) in [5, 5.41) is 34.8. The largest absolute Gasteiger partial charge is 0.478 e. The zero-order chi connectivity index (χ0) is 44.4. The van der Waals surface area contributed by atoms with E-state index in [0.717, 1.165) is 73.3 Å². The first kappa shape index (κ1) is 43.1. The molecule has 0 aliphatic heterocycles. The average Bonchev–Trinajstić information content (AvgIpc) is 4.14. The van der Waals surface area contributed by atoms with Gasteiger partial charge in [0.2, 0.25) is 0 Å². The Kier molecular flexibility index (Phi) is 13.5. The van der Waals surface area contributed by atoms with E-state index in [1.54, 1.807) is 18.3 Å². The van der Waals surface area contributed by atoms with Gasteiger partial charge in [-0.2, -0.15) is 10.2 Å². The molecule has 1 fully saturated rings. The normalized spacial score (nSPS) is 13.8. The second-order valence-electron chi connectivity index (χ2n) is 15.7. The van der Waals surface area contributed by atoms with Gasteiger partial charge >= 0.3 is 11.9 Å². The van der Waals surface area contributed by atoms with E-state index in [2.05, 4.69) is 100 Å². The maximum atomic E-state index is 10.9. The lowest BCUT2D eigenvalue weighted by Crippen LogP contribution is -2.04. The van der Waals surface area contributed by atoms with Crippen LogP contribution in [-0.2, 0) is 9.59 Å². The molecule has 6 aromatic carbocycles. The van der Waals surface area contributed by atoms with E-state index in [-0.39, 0.29) is 0 Å². The predicted octanol–water partition coefficient (Wildman–Crippen LogP) is 13.5. The molecule has 0 saturated heterocycles. The summed E-state index contributed by atoms with van der Waals surface area (Å²) >= 11 is 6.86. The second-order valence-corrected chi connectivity index (χ2v) is 16.1. The summed E-state index contributed by atoms with van der Waals surface area (Å²) < 4.78 is 0. The Labute approximate surface area is 377 Å². The highest BCUT2D eigenvalue weighted by Crippen LogP contribution is 2.44. The Morgan fingerprint density at radius 3 is 1.75 bits per heavy atom. The summed E-state index contributed by atoms with van der Waals surface area (Å²) in [5.74, 6) is -1.41. The minimum absolute atomic E-state index is 0.508. The van der Waals surface area contributed by atoms with Gasteiger partial charge in [-0.25, -0.2) is 9.59 Å². The number of H-pyrrole nitrogens is 2. The maximum Gasteiger partial charge on any atom is 0.328 e. The molecular weight excluding hydrogens is 816 g/mol. The van der Waals surface area contributed by atoms with Crippen molar-refractivity contribution in [3.63, 3.8) is 0 Å². The number of carbonyl (C=O) groups is 2. The van der Waals surface area contributed by atoms with Crippen LogP contribution in [0.2, 0.25) is 5.02 Å². The molecule has 2 heterocycles. The van der Waals surface area contributed by atoms with E-state index >= 15 is 0 Å².